The molecule has 12 nitrogen and oxygen atoms in total. The average molecular weight is 377 g/mol. The van der Waals surface area contributed by atoms with Crippen LogP contribution in [0.5, 0.6) is 0 Å². The molecule has 0 aromatic carbocycles. The van der Waals surface area contributed by atoms with E-state index in [0.29, 0.717) is 22.5 Å². The molecule has 3 aromatic rings. The van der Waals surface area contributed by atoms with Gasteiger partial charge in [0.15, 0.2) is 11.5 Å². The predicted molar refractivity (Wildman–Crippen MR) is 93.8 cm³/mol. The van der Waals surface area contributed by atoms with Crippen LogP contribution in [0.2, 0.25) is 0 Å². The summed E-state index contributed by atoms with van der Waals surface area (Å²) in [5.41, 5.74) is 6.12. The van der Waals surface area contributed by atoms with Gasteiger partial charge in [0.25, 0.3) is 5.56 Å². The van der Waals surface area contributed by atoms with Crippen molar-refractivity contribution >= 4 is 17.0 Å². The average Bonchev–Trinajstić information content (AvgIpc) is 3.26. The van der Waals surface area contributed by atoms with Gasteiger partial charge in [-0.1, -0.05) is 0 Å². The second kappa shape index (κ2) is 7.65. The first-order valence-corrected chi connectivity index (χ1v) is 8.06. The number of rotatable bonds is 2. The molecule has 144 valence electrons. The molecule has 0 spiro atoms. The Balaban J connectivity index is 0.000000177. The van der Waals surface area contributed by atoms with Crippen molar-refractivity contribution in [1.29, 1.82) is 0 Å². The van der Waals surface area contributed by atoms with Gasteiger partial charge in [0.05, 0.1) is 19.0 Å². The summed E-state index contributed by atoms with van der Waals surface area (Å²) in [5, 5.41) is 18.5. The summed E-state index contributed by atoms with van der Waals surface area (Å²) < 4.78 is 6.54. The Hall–Kier alpha value is -3.09. The molecular formula is C15H19N7O5. The Morgan fingerprint density at radius 3 is 2.81 bits per heavy atom. The van der Waals surface area contributed by atoms with E-state index >= 15 is 0 Å². The van der Waals surface area contributed by atoms with E-state index in [1.807, 2.05) is 0 Å². The number of nitrogens with zero attached hydrogens (tertiary/aromatic N) is 4. The molecule has 1 saturated heterocycles. The zero-order valence-electron chi connectivity index (χ0n) is 14.4. The number of hydrogen-bond acceptors (Lipinski definition) is 9. The highest BCUT2D eigenvalue weighted by Crippen LogP contribution is 2.27. The molecule has 0 bridgehead atoms. The number of fused-ring (bicyclic) bond motifs is 1. The van der Waals surface area contributed by atoms with Crippen molar-refractivity contribution in [2.24, 2.45) is 0 Å². The van der Waals surface area contributed by atoms with Gasteiger partial charge >= 0.3 is 5.69 Å². The number of nitrogens with one attached hydrogen (secondary N) is 2. The van der Waals surface area contributed by atoms with Crippen LogP contribution in [0.4, 0.5) is 5.82 Å². The Bertz CT molecular complexity index is 1040. The lowest BCUT2D eigenvalue weighted by atomic mass is 10.2. The zero-order chi connectivity index (χ0) is 19.6. The quantitative estimate of drug-likeness (QED) is 0.351. The minimum Gasteiger partial charge on any atom is -0.394 e. The number of aryl methyl sites for hydroxylation is 1. The van der Waals surface area contributed by atoms with Crippen molar-refractivity contribution < 1.29 is 14.9 Å². The lowest BCUT2D eigenvalue weighted by Crippen LogP contribution is -2.33. The smallest absolute Gasteiger partial charge is 0.330 e. The number of nitrogens with two attached hydrogens (primary N) is 1. The maximum atomic E-state index is 11.6. The largest absolute Gasteiger partial charge is 0.394 e. The van der Waals surface area contributed by atoms with Gasteiger partial charge in [0, 0.05) is 18.2 Å². The van der Waals surface area contributed by atoms with Crippen molar-refractivity contribution in [3.8, 4) is 0 Å². The summed E-state index contributed by atoms with van der Waals surface area (Å²) in [6.45, 7) is 1.26. The van der Waals surface area contributed by atoms with Crippen molar-refractivity contribution in [2.75, 3.05) is 12.3 Å². The lowest BCUT2D eigenvalue weighted by Gasteiger charge is -2.14. The third-order valence-electron chi connectivity index (χ3n) is 4.09. The van der Waals surface area contributed by atoms with Gasteiger partial charge < -0.3 is 25.7 Å². The minimum atomic E-state index is -0.816. The Kier molecular flexibility index (Phi) is 5.30. The maximum Gasteiger partial charge on any atom is 0.330 e. The first-order valence-electron chi connectivity index (χ1n) is 8.06. The molecule has 0 saturated carbocycles. The van der Waals surface area contributed by atoms with E-state index in [4.69, 9.17) is 15.6 Å². The monoisotopic (exact) mass is 377 g/mol. The number of nitrogen functional groups attached to an aromatic ring is 1. The molecule has 1 fully saturated rings. The fraction of sp³-hybridized carbons (Fsp3) is 0.400. The lowest BCUT2D eigenvalue weighted by molar-refractivity contribution is -0.0459. The van der Waals surface area contributed by atoms with E-state index in [0.717, 1.165) is 0 Å². The molecular weight excluding hydrogens is 358 g/mol. The zero-order valence-corrected chi connectivity index (χ0v) is 14.4. The normalized spacial score (nSPS) is 21.8. The van der Waals surface area contributed by atoms with Crippen LogP contribution in [0.1, 0.15) is 18.2 Å². The summed E-state index contributed by atoms with van der Waals surface area (Å²) in [6.07, 6.45) is 2.36. The van der Waals surface area contributed by atoms with Gasteiger partial charge in [0.2, 0.25) is 0 Å². The number of aromatic nitrogens is 6. The van der Waals surface area contributed by atoms with Crippen LogP contribution in [0.15, 0.2) is 28.4 Å². The molecule has 0 radical (unpaired) electrons. The molecule has 0 unspecified atom stereocenters. The Morgan fingerprint density at radius 2 is 2.15 bits per heavy atom. The predicted octanol–water partition coefficient (Wildman–Crippen LogP) is -1.58. The van der Waals surface area contributed by atoms with Gasteiger partial charge in [-0.25, -0.2) is 19.7 Å². The molecule has 1 aliphatic rings. The molecule has 0 aliphatic carbocycles. The van der Waals surface area contributed by atoms with E-state index in [2.05, 4.69) is 24.9 Å². The van der Waals surface area contributed by atoms with Gasteiger partial charge in [-0.05, 0) is 6.92 Å². The van der Waals surface area contributed by atoms with Crippen LogP contribution in [0.25, 0.3) is 11.2 Å². The molecule has 0 amide bonds. The Morgan fingerprint density at radius 1 is 1.37 bits per heavy atom. The number of H-pyrrole nitrogens is 2. The van der Waals surface area contributed by atoms with Crippen molar-refractivity contribution in [3.63, 3.8) is 0 Å². The standard InChI is InChI=1S/C10H14N2O5.C5H5N5/c1-5-3-12(10(16)11-9(5)15)8-2-6(14)7(4-13)17-8;6-4-3-5(9-1-7-3)10-2-8-4/h3,6-8,13-14H,2,4H2,1H3,(H,11,15,16);1-2H,(H3,6,7,8,9,10)/t6-,7+,8+;/m0./s1. The molecule has 1 aliphatic heterocycles. The number of aromatic amines is 2. The summed E-state index contributed by atoms with van der Waals surface area (Å²) in [6, 6.07) is 0. The number of aliphatic hydroxyl groups excluding tert-OH is 2. The molecule has 12 heteroatoms. The third-order valence-corrected chi connectivity index (χ3v) is 4.09. The van der Waals surface area contributed by atoms with E-state index < -0.39 is 29.7 Å². The van der Waals surface area contributed by atoms with E-state index in [1.165, 1.54) is 23.4 Å². The Labute approximate surface area is 151 Å². The second-order valence-corrected chi connectivity index (χ2v) is 5.95. The third kappa shape index (κ3) is 3.86. The minimum absolute atomic E-state index is 0.205. The van der Waals surface area contributed by atoms with Crippen LogP contribution in [0.3, 0.4) is 0 Å². The first-order chi connectivity index (χ1) is 12.9. The van der Waals surface area contributed by atoms with Crippen molar-refractivity contribution in [1.82, 2.24) is 29.5 Å². The highest BCUT2D eigenvalue weighted by molar-refractivity contribution is 5.80. The second-order valence-electron chi connectivity index (χ2n) is 5.95. The van der Waals surface area contributed by atoms with Crippen LogP contribution in [0, 0.1) is 6.92 Å². The number of ether oxygens (including phenoxy) is 1. The van der Waals surface area contributed by atoms with Crippen molar-refractivity contribution in [2.45, 2.75) is 31.8 Å². The summed E-state index contributed by atoms with van der Waals surface area (Å²) in [7, 11) is 0. The first kappa shape index (κ1) is 18.7. The molecule has 4 heterocycles. The van der Waals surface area contributed by atoms with Crippen molar-refractivity contribution in [3.05, 3.63) is 45.3 Å². The van der Waals surface area contributed by atoms with Gasteiger partial charge in [-0.2, -0.15) is 0 Å². The SMILES string of the molecule is Cc1cn([C@H]2C[C@H](O)[C@@H](CO)O2)c(=O)[nH]c1=O.Nc1ncnc2[nH]cnc12. The highest BCUT2D eigenvalue weighted by atomic mass is 16.5. The molecule has 3 atom stereocenters. The summed E-state index contributed by atoms with van der Waals surface area (Å²) in [4.78, 5) is 39.3. The van der Waals surface area contributed by atoms with Crippen LogP contribution in [-0.4, -0.2) is 58.5 Å². The van der Waals surface area contributed by atoms with E-state index in [9.17, 15) is 14.7 Å². The summed E-state index contributed by atoms with van der Waals surface area (Å²) >= 11 is 0. The molecule has 6 N–H and O–H groups in total. The molecule has 27 heavy (non-hydrogen) atoms. The number of imidazole rings is 1. The fourth-order valence-electron chi connectivity index (χ4n) is 2.63. The maximum absolute atomic E-state index is 11.6. The number of aliphatic hydroxyl groups is 2. The van der Waals surface area contributed by atoms with Gasteiger partial charge in [-0.15, -0.1) is 0 Å². The number of hydrogen-bond donors (Lipinski definition) is 5. The van der Waals surface area contributed by atoms with Crippen LogP contribution < -0.4 is 17.0 Å². The topological polar surface area (TPSA) is 185 Å². The van der Waals surface area contributed by atoms with Crippen LogP contribution in [-0.2, 0) is 4.74 Å². The van der Waals surface area contributed by atoms with E-state index in [-0.39, 0.29) is 13.0 Å². The van der Waals surface area contributed by atoms with Crippen LogP contribution >= 0.6 is 0 Å². The van der Waals surface area contributed by atoms with Gasteiger partial charge in [-0.3, -0.25) is 14.3 Å². The molecule has 3 aromatic heterocycles. The summed E-state index contributed by atoms with van der Waals surface area (Å²) in [5.74, 6) is 0.409. The molecule has 4 rings (SSSR count). The van der Waals surface area contributed by atoms with Gasteiger partial charge in [0.1, 0.15) is 24.2 Å². The number of anilines is 1. The van der Waals surface area contributed by atoms with E-state index in [1.54, 1.807) is 6.92 Å². The highest BCUT2D eigenvalue weighted by Gasteiger charge is 2.34. The fourth-order valence-corrected chi connectivity index (χ4v) is 2.63.